The lowest BCUT2D eigenvalue weighted by atomic mass is 10.2. The maximum atomic E-state index is 13.1. The Morgan fingerprint density at radius 3 is 2.93 bits per heavy atom. The van der Waals surface area contributed by atoms with Gasteiger partial charge in [0.25, 0.3) is 10.2 Å². The number of anilines is 1. The predicted molar refractivity (Wildman–Crippen MR) is 101 cm³/mol. The Hall–Kier alpha value is -2.22. The minimum atomic E-state index is -3.53. The quantitative estimate of drug-likeness (QED) is 0.741. The van der Waals surface area contributed by atoms with E-state index in [0.717, 1.165) is 29.7 Å². The van der Waals surface area contributed by atoms with Crippen molar-refractivity contribution in [1.82, 2.24) is 23.6 Å². The molecule has 1 aliphatic heterocycles. The second-order valence-electron chi connectivity index (χ2n) is 7.25. The summed E-state index contributed by atoms with van der Waals surface area (Å²) in [7, 11) is -1.93. The van der Waals surface area contributed by atoms with Gasteiger partial charge in [-0.15, -0.1) is 0 Å². The van der Waals surface area contributed by atoms with Crippen LogP contribution in [0.25, 0.3) is 11.0 Å². The molecule has 1 aliphatic carbocycles. The first-order valence-electron chi connectivity index (χ1n) is 9.12. The van der Waals surface area contributed by atoms with Crippen LogP contribution < -0.4 is 4.90 Å². The first kappa shape index (κ1) is 18.2. The zero-order valence-electron chi connectivity index (χ0n) is 15.3. The molecule has 0 radical (unpaired) electrons. The molecule has 10 heteroatoms. The maximum absolute atomic E-state index is 13.1. The van der Waals surface area contributed by atoms with E-state index < -0.39 is 10.2 Å². The van der Waals surface area contributed by atoms with Gasteiger partial charge in [0.15, 0.2) is 0 Å². The molecule has 9 nitrogen and oxygen atoms in total. The van der Waals surface area contributed by atoms with E-state index in [1.807, 2.05) is 12.3 Å². The SMILES string of the molecule is CN(CCCC#N)S(=O)(=O)N1CCN(c2ncnc3[nH]ccc23)CC12CC2. The normalized spacial score (nSPS) is 19.7. The molecule has 144 valence electrons. The van der Waals surface area contributed by atoms with Crippen molar-refractivity contribution in [2.24, 2.45) is 0 Å². The van der Waals surface area contributed by atoms with E-state index in [2.05, 4.69) is 25.9 Å². The average Bonchev–Trinajstić information content (AvgIpc) is 3.23. The molecule has 0 aromatic carbocycles. The van der Waals surface area contributed by atoms with Crippen LogP contribution in [0.5, 0.6) is 0 Å². The molecule has 4 rings (SSSR count). The number of aromatic amines is 1. The number of nitrogens with one attached hydrogen (secondary N) is 1. The number of hydrogen-bond donors (Lipinski definition) is 1. The van der Waals surface area contributed by atoms with Crippen LogP contribution in [0, 0.1) is 11.3 Å². The fourth-order valence-electron chi connectivity index (χ4n) is 3.83. The molecular formula is C17H23N7O2S. The zero-order chi connectivity index (χ0) is 19.1. The largest absolute Gasteiger partial charge is 0.353 e. The molecule has 3 heterocycles. The summed E-state index contributed by atoms with van der Waals surface area (Å²) in [5.41, 5.74) is 0.436. The van der Waals surface area contributed by atoms with Crippen LogP contribution in [0.4, 0.5) is 5.82 Å². The molecule has 1 saturated heterocycles. The number of rotatable bonds is 6. The summed E-state index contributed by atoms with van der Waals surface area (Å²) >= 11 is 0. The Morgan fingerprint density at radius 2 is 2.19 bits per heavy atom. The van der Waals surface area contributed by atoms with Crippen molar-refractivity contribution in [3.8, 4) is 6.07 Å². The van der Waals surface area contributed by atoms with Crippen LogP contribution in [0.2, 0.25) is 0 Å². The van der Waals surface area contributed by atoms with Gasteiger partial charge in [-0.05, 0) is 25.3 Å². The average molecular weight is 389 g/mol. The molecule has 0 atom stereocenters. The minimum Gasteiger partial charge on any atom is -0.353 e. The number of unbranched alkanes of at least 4 members (excludes halogenated alkanes) is 1. The molecule has 1 N–H and O–H groups in total. The molecule has 1 spiro atoms. The van der Waals surface area contributed by atoms with Crippen LogP contribution in [-0.4, -0.2) is 70.7 Å². The number of piperazine rings is 1. The summed E-state index contributed by atoms with van der Waals surface area (Å²) in [6.45, 7) is 2.02. The Morgan fingerprint density at radius 1 is 1.37 bits per heavy atom. The van der Waals surface area contributed by atoms with Crippen LogP contribution in [0.1, 0.15) is 25.7 Å². The van der Waals surface area contributed by atoms with Gasteiger partial charge in [0.2, 0.25) is 0 Å². The van der Waals surface area contributed by atoms with Gasteiger partial charge < -0.3 is 9.88 Å². The Balaban J connectivity index is 1.54. The van der Waals surface area contributed by atoms with Crippen molar-refractivity contribution < 1.29 is 8.42 Å². The van der Waals surface area contributed by atoms with Gasteiger partial charge in [-0.3, -0.25) is 0 Å². The van der Waals surface area contributed by atoms with Crippen molar-refractivity contribution in [2.75, 3.05) is 38.1 Å². The third-order valence-corrected chi connectivity index (χ3v) is 7.58. The summed E-state index contributed by atoms with van der Waals surface area (Å²) in [4.78, 5) is 14.0. The molecule has 0 unspecified atom stereocenters. The second-order valence-corrected chi connectivity index (χ2v) is 9.21. The topological polar surface area (TPSA) is 109 Å². The molecular weight excluding hydrogens is 366 g/mol. The number of hydrogen-bond acceptors (Lipinski definition) is 6. The first-order valence-corrected chi connectivity index (χ1v) is 10.5. The van der Waals surface area contributed by atoms with E-state index in [1.165, 1.54) is 4.31 Å². The lowest BCUT2D eigenvalue weighted by Crippen LogP contribution is -2.59. The summed E-state index contributed by atoms with van der Waals surface area (Å²) in [6.07, 6.45) is 6.00. The molecule has 2 aromatic heterocycles. The molecule has 2 aromatic rings. The smallest absolute Gasteiger partial charge is 0.282 e. The van der Waals surface area contributed by atoms with Gasteiger partial charge in [0, 0.05) is 45.8 Å². The number of H-pyrrole nitrogens is 1. The van der Waals surface area contributed by atoms with Crippen molar-refractivity contribution >= 4 is 27.1 Å². The number of nitriles is 1. The van der Waals surface area contributed by atoms with Gasteiger partial charge in [0.1, 0.15) is 17.8 Å². The fraction of sp³-hybridized carbons (Fsp3) is 0.588. The standard InChI is InChI=1S/C17H23N7O2S/c1-22(9-3-2-7-18)27(25,26)24-11-10-23(12-17(24)5-6-17)16-14-4-8-19-15(14)20-13-21-16/h4,8,13H,2-3,5-6,9-12H2,1H3,(H,19,20,21). The summed E-state index contributed by atoms with van der Waals surface area (Å²) in [5, 5.41) is 9.63. The summed E-state index contributed by atoms with van der Waals surface area (Å²) < 4.78 is 29.2. The van der Waals surface area contributed by atoms with Crippen molar-refractivity contribution in [1.29, 1.82) is 5.26 Å². The third kappa shape index (κ3) is 3.16. The monoisotopic (exact) mass is 389 g/mol. The van der Waals surface area contributed by atoms with Gasteiger partial charge in [-0.25, -0.2) is 9.97 Å². The lowest BCUT2D eigenvalue weighted by Gasteiger charge is -2.43. The Labute approximate surface area is 158 Å². The first-order chi connectivity index (χ1) is 13.0. The predicted octanol–water partition coefficient (Wildman–Crippen LogP) is 1.09. The highest BCUT2D eigenvalue weighted by atomic mass is 32.2. The zero-order valence-corrected chi connectivity index (χ0v) is 16.1. The summed E-state index contributed by atoms with van der Waals surface area (Å²) in [5.74, 6) is 0.854. The van der Waals surface area contributed by atoms with Gasteiger partial charge in [-0.2, -0.15) is 22.3 Å². The fourth-order valence-corrected chi connectivity index (χ4v) is 5.57. The van der Waals surface area contributed by atoms with E-state index in [0.29, 0.717) is 39.0 Å². The minimum absolute atomic E-state index is 0.353. The molecule has 2 fully saturated rings. The third-order valence-electron chi connectivity index (χ3n) is 5.48. The highest BCUT2D eigenvalue weighted by molar-refractivity contribution is 7.86. The van der Waals surface area contributed by atoms with Crippen LogP contribution in [0.3, 0.4) is 0 Å². The van der Waals surface area contributed by atoms with Crippen LogP contribution in [-0.2, 0) is 10.2 Å². The van der Waals surface area contributed by atoms with Crippen molar-refractivity contribution in [3.05, 3.63) is 18.6 Å². The van der Waals surface area contributed by atoms with Crippen LogP contribution >= 0.6 is 0 Å². The highest BCUT2D eigenvalue weighted by Crippen LogP contribution is 2.47. The van der Waals surface area contributed by atoms with E-state index in [-0.39, 0.29) is 5.54 Å². The Bertz CT molecular complexity index is 977. The molecule has 1 saturated carbocycles. The van der Waals surface area contributed by atoms with Crippen LogP contribution in [0.15, 0.2) is 18.6 Å². The van der Waals surface area contributed by atoms with Gasteiger partial charge in [-0.1, -0.05) is 0 Å². The molecule has 0 amide bonds. The number of aromatic nitrogens is 3. The van der Waals surface area contributed by atoms with E-state index >= 15 is 0 Å². The highest BCUT2D eigenvalue weighted by Gasteiger charge is 2.56. The number of fused-ring (bicyclic) bond motifs is 1. The molecule has 0 bridgehead atoms. The lowest BCUT2D eigenvalue weighted by molar-refractivity contribution is 0.250. The van der Waals surface area contributed by atoms with Crippen molar-refractivity contribution in [3.63, 3.8) is 0 Å². The second kappa shape index (κ2) is 6.74. The van der Waals surface area contributed by atoms with Gasteiger partial charge in [0.05, 0.1) is 17.0 Å². The summed E-state index contributed by atoms with van der Waals surface area (Å²) in [6, 6.07) is 4.02. The van der Waals surface area contributed by atoms with Gasteiger partial charge >= 0.3 is 0 Å². The van der Waals surface area contributed by atoms with Crippen molar-refractivity contribution in [2.45, 2.75) is 31.2 Å². The molecule has 2 aliphatic rings. The van der Waals surface area contributed by atoms with E-state index in [1.54, 1.807) is 17.7 Å². The van der Waals surface area contributed by atoms with E-state index in [4.69, 9.17) is 5.26 Å². The number of nitrogens with zero attached hydrogens (tertiary/aromatic N) is 6. The van der Waals surface area contributed by atoms with E-state index in [9.17, 15) is 8.42 Å². The Kier molecular flexibility index (Phi) is 4.53. The molecule has 27 heavy (non-hydrogen) atoms. The maximum Gasteiger partial charge on any atom is 0.282 e.